The molecule has 2 rings (SSSR count). The third kappa shape index (κ3) is 3.10. The summed E-state index contributed by atoms with van der Waals surface area (Å²) >= 11 is 1.20. The lowest BCUT2D eigenvalue weighted by Gasteiger charge is -2.28. The first-order chi connectivity index (χ1) is 8.95. The Kier molecular flexibility index (Phi) is 4.50. The second-order valence-electron chi connectivity index (χ2n) is 4.99. The van der Waals surface area contributed by atoms with Crippen LogP contribution >= 0.6 is 11.3 Å². The standard InChI is InChI=1S/C12H21N3O2S2/c1-3-11-8-14(2)5-4-6-15(11)19(16,17)12-7-10(13)9-18-12/h7,9,11H,3-6,8,13H2,1-2H3. The van der Waals surface area contributed by atoms with Crippen molar-refractivity contribution in [1.82, 2.24) is 9.21 Å². The van der Waals surface area contributed by atoms with E-state index in [1.54, 1.807) is 15.8 Å². The predicted molar refractivity (Wildman–Crippen MR) is 78.8 cm³/mol. The third-order valence-electron chi connectivity index (χ3n) is 3.48. The van der Waals surface area contributed by atoms with Crippen LogP contribution in [0, 0.1) is 0 Å². The maximum Gasteiger partial charge on any atom is 0.252 e. The predicted octanol–water partition coefficient (Wildman–Crippen LogP) is 1.44. The van der Waals surface area contributed by atoms with Crippen molar-refractivity contribution in [3.05, 3.63) is 11.4 Å². The summed E-state index contributed by atoms with van der Waals surface area (Å²) in [6.07, 6.45) is 1.69. The molecule has 1 aromatic heterocycles. The van der Waals surface area contributed by atoms with Crippen LogP contribution in [0.3, 0.4) is 0 Å². The molecule has 1 unspecified atom stereocenters. The molecule has 2 heterocycles. The Balaban J connectivity index is 2.32. The first-order valence-electron chi connectivity index (χ1n) is 6.49. The average molecular weight is 303 g/mol. The van der Waals surface area contributed by atoms with Crippen LogP contribution in [0.2, 0.25) is 0 Å². The molecular weight excluding hydrogens is 282 g/mol. The van der Waals surface area contributed by atoms with Gasteiger partial charge in [0.25, 0.3) is 10.0 Å². The molecule has 1 saturated heterocycles. The molecular formula is C12H21N3O2S2. The van der Waals surface area contributed by atoms with Gasteiger partial charge < -0.3 is 10.6 Å². The molecule has 1 atom stereocenters. The van der Waals surface area contributed by atoms with Crippen LogP contribution in [0.4, 0.5) is 5.69 Å². The first kappa shape index (κ1) is 14.8. The van der Waals surface area contributed by atoms with Crippen LogP contribution < -0.4 is 5.73 Å². The van der Waals surface area contributed by atoms with Crippen LogP contribution in [0.25, 0.3) is 0 Å². The van der Waals surface area contributed by atoms with Crippen molar-refractivity contribution < 1.29 is 8.42 Å². The van der Waals surface area contributed by atoms with Gasteiger partial charge in [0, 0.05) is 30.2 Å². The molecule has 0 saturated carbocycles. The summed E-state index contributed by atoms with van der Waals surface area (Å²) in [5.74, 6) is 0. The average Bonchev–Trinajstić information content (AvgIpc) is 2.69. The summed E-state index contributed by atoms with van der Waals surface area (Å²) in [5, 5.41) is 1.68. The number of rotatable bonds is 3. The Morgan fingerprint density at radius 3 is 2.79 bits per heavy atom. The lowest BCUT2D eigenvalue weighted by Crippen LogP contribution is -2.43. The summed E-state index contributed by atoms with van der Waals surface area (Å²) in [6, 6.07) is 1.60. The normalized spacial score (nSPS) is 23.4. The van der Waals surface area contributed by atoms with Crippen molar-refractivity contribution in [2.45, 2.75) is 30.0 Å². The van der Waals surface area contributed by atoms with E-state index in [0.29, 0.717) is 16.4 Å². The second kappa shape index (κ2) is 5.78. The van der Waals surface area contributed by atoms with Crippen molar-refractivity contribution in [3.8, 4) is 0 Å². The number of hydrogen-bond donors (Lipinski definition) is 1. The van der Waals surface area contributed by atoms with Crippen LogP contribution in [-0.2, 0) is 10.0 Å². The van der Waals surface area contributed by atoms with Crippen molar-refractivity contribution in [3.63, 3.8) is 0 Å². The summed E-state index contributed by atoms with van der Waals surface area (Å²) in [5.41, 5.74) is 6.16. The monoisotopic (exact) mass is 303 g/mol. The molecule has 5 nitrogen and oxygen atoms in total. The summed E-state index contributed by atoms with van der Waals surface area (Å²) in [7, 11) is -1.36. The zero-order chi connectivity index (χ0) is 14.0. The minimum atomic E-state index is -3.40. The number of nitrogen functional groups attached to an aromatic ring is 1. The molecule has 108 valence electrons. The molecule has 7 heteroatoms. The smallest absolute Gasteiger partial charge is 0.252 e. The van der Waals surface area contributed by atoms with Gasteiger partial charge in [0.1, 0.15) is 4.21 Å². The number of anilines is 1. The topological polar surface area (TPSA) is 66.6 Å². The van der Waals surface area contributed by atoms with Crippen LogP contribution in [-0.4, -0.2) is 50.3 Å². The number of likely N-dealkylation sites (N-methyl/N-ethyl adjacent to an activating group) is 1. The van der Waals surface area contributed by atoms with Gasteiger partial charge in [0.05, 0.1) is 0 Å². The molecule has 0 aromatic carbocycles. The van der Waals surface area contributed by atoms with Gasteiger partial charge in [-0.15, -0.1) is 11.3 Å². The minimum Gasteiger partial charge on any atom is -0.398 e. The van der Waals surface area contributed by atoms with E-state index in [-0.39, 0.29) is 6.04 Å². The highest BCUT2D eigenvalue weighted by molar-refractivity contribution is 7.91. The highest BCUT2D eigenvalue weighted by Gasteiger charge is 2.33. The number of nitrogens with zero attached hydrogens (tertiary/aromatic N) is 2. The maximum absolute atomic E-state index is 12.7. The van der Waals surface area contributed by atoms with Gasteiger partial charge in [-0.1, -0.05) is 6.92 Å². The quantitative estimate of drug-likeness (QED) is 0.917. The molecule has 1 aliphatic rings. The van der Waals surface area contributed by atoms with Crippen LogP contribution in [0.15, 0.2) is 15.7 Å². The molecule has 1 aliphatic heterocycles. The zero-order valence-corrected chi connectivity index (χ0v) is 13.0. The molecule has 0 bridgehead atoms. The van der Waals surface area contributed by atoms with E-state index in [0.717, 1.165) is 25.9 Å². The van der Waals surface area contributed by atoms with E-state index in [9.17, 15) is 8.42 Å². The van der Waals surface area contributed by atoms with Crippen LogP contribution in [0.5, 0.6) is 0 Å². The Labute approximate surface area is 119 Å². The fourth-order valence-electron chi connectivity index (χ4n) is 2.45. The molecule has 0 amide bonds. The van der Waals surface area contributed by atoms with Crippen molar-refractivity contribution in [2.75, 3.05) is 32.4 Å². The molecule has 19 heavy (non-hydrogen) atoms. The lowest BCUT2D eigenvalue weighted by molar-refractivity contribution is 0.270. The molecule has 1 fully saturated rings. The van der Waals surface area contributed by atoms with Gasteiger partial charge in [-0.25, -0.2) is 8.42 Å². The zero-order valence-electron chi connectivity index (χ0n) is 11.4. The summed E-state index contributed by atoms with van der Waals surface area (Å²) in [6.45, 7) is 4.35. The van der Waals surface area contributed by atoms with Gasteiger partial charge in [-0.05, 0) is 32.5 Å². The largest absolute Gasteiger partial charge is 0.398 e. The number of nitrogens with two attached hydrogens (primary N) is 1. The maximum atomic E-state index is 12.7. The van der Waals surface area contributed by atoms with Crippen LogP contribution in [0.1, 0.15) is 19.8 Å². The van der Waals surface area contributed by atoms with E-state index in [1.165, 1.54) is 11.3 Å². The van der Waals surface area contributed by atoms with Gasteiger partial charge in [0.15, 0.2) is 0 Å². The minimum absolute atomic E-state index is 0.0424. The molecule has 2 N–H and O–H groups in total. The van der Waals surface area contributed by atoms with E-state index >= 15 is 0 Å². The first-order valence-corrected chi connectivity index (χ1v) is 8.81. The highest BCUT2D eigenvalue weighted by Crippen LogP contribution is 2.28. The van der Waals surface area contributed by atoms with Gasteiger partial charge in [0.2, 0.25) is 0 Å². The molecule has 0 spiro atoms. The second-order valence-corrected chi connectivity index (χ2v) is 8.02. The van der Waals surface area contributed by atoms with E-state index in [4.69, 9.17) is 5.73 Å². The lowest BCUT2D eigenvalue weighted by atomic mass is 10.2. The SMILES string of the molecule is CCC1CN(C)CCCN1S(=O)(=O)c1cc(N)cs1. The van der Waals surface area contributed by atoms with Gasteiger partial charge in [-0.2, -0.15) is 4.31 Å². The number of sulfonamides is 1. The molecule has 1 aromatic rings. The Morgan fingerprint density at radius 2 is 2.21 bits per heavy atom. The third-order valence-corrected chi connectivity index (χ3v) is 6.86. The fraction of sp³-hybridized carbons (Fsp3) is 0.667. The summed E-state index contributed by atoms with van der Waals surface area (Å²) < 4.78 is 27.4. The van der Waals surface area contributed by atoms with E-state index in [1.807, 2.05) is 14.0 Å². The van der Waals surface area contributed by atoms with Crippen molar-refractivity contribution in [2.24, 2.45) is 0 Å². The fourth-order valence-corrected chi connectivity index (χ4v) is 5.39. The highest BCUT2D eigenvalue weighted by atomic mass is 32.2. The van der Waals surface area contributed by atoms with E-state index in [2.05, 4.69) is 4.90 Å². The summed E-state index contributed by atoms with van der Waals surface area (Å²) in [4.78, 5) is 2.20. The van der Waals surface area contributed by atoms with E-state index < -0.39 is 10.0 Å². The van der Waals surface area contributed by atoms with Crippen molar-refractivity contribution in [1.29, 1.82) is 0 Å². The number of hydrogen-bond acceptors (Lipinski definition) is 5. The Bertz CT molecular complexity index is 527. The number of thiophene rings is 1. The van der Waals surface area contributed by atoms with Gasteiger partial charge >= 0.3 is 0 Å². The van der Waals surface area contributed by atoms with Gasteiger partial charge in [-0.3, -0.25) is 0 Å². The Morgan fingerprint density at radius 1 is 1.47 bits per heavy atom. The molecule has 0 radical (unpaired) electrons. The van der Waals surface area contributed by atoms with Crippen molar-refractivity contribution >= 4 is 27.0 Å². The molecule has 0 aliphatic carbocycles. The Hall–Kier alpha value is -0.630.